The van der Waals surface area contributed by atoms with Gasteiger partial charge in [-0.3, -0.25) is 0 Å². The normalized spacial score (nSPS) is 31.7. The monoisotopic (exact) mass is 324 g/mol. The minimum absolute atomic E-state index is 0.161. The Kier molecular flexibility index (Phi) is 5.65. The highest BCUT2D eigenvalue weighted by atomic mass is 16.6. The molecular formula is C19H36N2O2. The number of carbonyl (C=O) groups excluding carboxylic acids is 1. The molecule has 4 nitrogen and oxygen atoms in total. The summed E-state index contributed by atoms with van der Waals surface area (Å²) < 4.78 is 5.56. The number of likely N-dealkylation sites (tertiary alicyclic amines) is 1. The standard InChI is InChI=1S/C19H36N2O2/c1-14-11-19(5,6)12-16(14)20-15-9-7-8-10-21(13-15)17(22)23-18(2,3)4/h14-16,20H,7-13H2,1-6H3. The smallest absolute Gasteiger partial charge is 0.410 e. The van der Waals surface area contributed by atoms with Crippen LogP contribution >= 0.6 is 0 Å². The van der Waals surface area contributed by atoms with Crippen LogP contribution in [0.15, 0.2) is 0 Å². The molecule has 2 rings (SSSR count). The van der Waals surface area contributed by atoms with E-state index in [9.17, 15) is 4.79 Å². The van der Waals surface area contributed by atoms with Gasteiger partial charge in [-0.15, -0.1) is 0 Å². The van der Waals surface area contributed by atoms with Crippen molar-refractivity contribution in [1.82, 2.24) is 10.2 Å². The Morgan fingerprint density at radius 2 is 1.91 bits per heavy atom. The van der Waals surface area contributed by atoms with E-state index in [1.807, 2.05) is 25.7 Å². The summed E-state index contributed by atoms with van der Waals surface area (Å²) in [5, 5.41) is 3.86. The van der Waals surface area contributed by atoms with Gasteiger partial charge in [0, 0.05) is 25.2 Å². The summed E-state index contributed by atoms with van der Waals surface area (Å²) in [5.74, 6) is 0.711. The molecule has 1 saturated carbocycles. The summed E-state index contributed by atoms with van der Waals surface area (Å²) in [4.78, 5) is 14.3. The van der Waals surface area contributed by atoms with E-state index in [0.29, 0.717) is 23.4 Å². The molecule has 1 saturated heterocycles. The van der Waals surface area contributed by atoms with Gasteiger partial charge in [-0.05, 0) is 57.8 Å². The third-order valence-corrected chi connectivity index (χ3v) is 5.11. The Bertz CT molecular complexity index is 414. The molecule has 3 atom stereocenters. The maximum atomic E-state index is 12.4. The van der Waals surface area contributed by atoms with E-state index < -0.39 is 5.60 Å². The summed E-state index contributed by atoms with van der Waals surface area (Å²) in [7, 11) is 0. The third-order valence-electron chi connectivity index (χ3n) is 5.11. The number of hydrogen-bond donors (Lipinski definition) is 1. The van der Waals surface area contributed by atoms with Gasteiger partial charge in [0.05, 0.1) is 0 Å². The van der Waals surface area contributed by atoms with Gasteiger partial charge in [0.2, 0.25) is 0 Å². The molecule has 1 aliphatic heterocycles. The third kappa shape index (κ3) is 5.66. The fourth-order valence-electron chi connectivity index (χ4n) is 4.19. The predicted molar refractivity (Wildman–Crippen MR) is 94.5 cm³/mol. The molecule has 0 spiro atoms. The molecule has 0 bridgehead atoms. The van der Waals surface area contributed by atoms with Crippen LogP contribution in [-0.4, -0.2) is 41.8 Å². The van der Waals surface area contributed by atoms with Gasteiger partial charge in [-0.1, -0.05) is 27.2 Å². The van der Waals surface area contributed by atoms with Gasteiger partial charge in [0.15, 0.2) is 0 Å². The van der Waals surface area contributed by atoms with Crippen molar-refractivity contribution in [1.29, 1.82) is 0 Å². The molecule has 4 heteroatoms. The van der Waals surface area contributed by atoms with Crippen LogP contribution in [0.4, 0.5) is 4.79 Å². The second kappa shape index (κ2) is 7.00. The number of carbonyl (C=O) groups is 1. The molecule has 3 unspecified atom stereocenters. The summed E-state index contributed by atoms with van der Waals surface area (Å²) in [6.45, 7) is 14.5. The average Bonchev–Trinajstić information content (AvgIpc) is 2.56. The fraction of sp³-hybridized carbons (Fsp3) is 0.947. The summed E-state index contributed by atoms with van der Waals surface area (Å²) in [5.41, 5.74) is 0.0168. The molecular weight excluding hydrogens is 288 g/mol. The van der Waals surface area contributed by atoms with Crippen molar-refractivity contribution >= 4 is 6.09 Å². The fourth-order valence-corrected chi connectivity index (χ4v) is 4.19. The minimum Gasteiger partial charge on any atom is -0.444 e. The molecule has 1 N–H and O–H groups in total. The van der Waals surface area contributed by atoms with E-state index in [4.69, 9.17) is 4.74 Å². The van der Waals surface area contributed by atoms with Crippen LogP contribution in [0.1, 0.15) is 73.6 Å². The van der Waals surface area contributed by atoms with E-state index in [-0.39, 0.29) is 6.09 Å². The molecule has 0 radical (unpaired) electrons. The summed E-state index contributed by atoms with van der Waals surface area (Å²) in [6, 6.07) is 0.972. The molecule has 2 aliphatic rings. The van der Waals surface area contributed by atoms with E-state index in [1.54, 1.807) is 0 Å². The lowest BCUT2D eigenvalue weighted by Gasteiger charge is -2.30. The zero-order valence-corrected chi connectivity index (χ0v) is 15.9. The largest absolute Gasteiger partial charge is 0.444 e. The van der Waals surface area contributed by atoms with Crippen molar-refractivity contribution in [3.05, 3.63) is 0 Å². The predicted octanol–water partition coefficient (Wildman–Crippen LogP) is 4.19. The van der Waals surface area contributed by atoms with Gasteiger partial charge in [-0.2, -0.15) is 0 Å². The van der Waals surface area contributed by atoms with Crippen LogP contribution in [0.3, 0.4) is 0 Å². The van der Waals surface area contributed by atoms with E-state index in [1.165, 1.54) is 19.3 Å². The molecule has 1 aliphatic carbocycles. The Labute approximate surface area is 142 Å². The number of nitrogens with zero attached hydrogens (tertiary/aromatic N) is 1. The van der Waals surface area contributed by atoms with Crippen LogP contribution in [0.5, 0.6) is 0 Å². The molecule has 2 fully saturated rings. The number of ether oxygens (including phenoxy) is 1. The van der Waals surface area contributed by atoms with Gasteiger partial charge in [0.1, 0.15) is 5.60 Å². The molecule has 0 aromatic rings. The number of nitrogens with one attached hydrogen (secondary N) is 1. The summed E-state index contributed by atoms with van der Waals surface area (Å²) in [6.07, 6.45) is 5.77. The SMILES string of the molecule is CC1CC(C)(C)CC1NC1CCCCN(C(=O)OC(C)(C)C)C1. The number of rotatable bonds is 2. The van der Waals surface area contributed by atoms with Crippen molar-refractivity contribution in [2.75, 3.05) is 13.1 Å². The second-order valence-electron chi connectivity index (χ2n) is 9.44. The Balaban J connectivity index is 1.93. The van der Waals surface area contributed by atoms with Crippen molar-refractivity contribution in [3.63, 3.8) is 0 Å². The van der Waals surface area contributed by atoms with Gasteiger partial charge >= 0.3 is 6.09 Å². The highest BCUT2D eigenvalue weighted by Gasteiger charge is 2.38. The lowest BCUT2D eigenvalue weighted by atomic mass is 9.91. The Hall–Kier alpha value is -0.770. The molecule has 0 aromatic carbocycles. The topological polar surface area (TPSA) is 41.6 Å². The maximum absolute atomic E-state index is 12.4. The first-order valence-electron chi connectivity index (χ1n) is 9.30. The van der Waals surface area contributed by atoms with Crippen LogP contribution in [0.25, 0.3) is 0 Å². The highest BCUT2D eigenvalue weighted by molar-refractivity contribution is 5.68. The first-order valence-corrected chi connectivity index (χ1v) is 9.30. The van der Waals surface area contributed by atoms with Crippen molar-refractivity contribution in [2.45, 2.75) is 91.3 Å². The molecule has 0 aromatic heterocycles. The first-order chi connectivity index (χ1) is 10.6. The highest BCUT2D eigenvalue weighted by Crippen LogP contribution is 2.41. The minimum atomic E-state index is -0.420. The lowest BCUT2D eigenvalue weighted by Crippen LogP contribution is -2.48. The first kappa shape index (κ1) is 18.6. The quantitative estimate of drug-likeness (QED) is 0.828. The molecule has 1 heterocycles. The van der Waals surface area contributed by atoms with Crippen molar-refractivity contribution in [3.8, 4) is 0 Å². The Morgan fingerprint density at radius 1 is 1.22 bits per heavy atom. The van der Waals surface area contributed by atoms with E-state index >= 15 is 0 Å². The van der Waals surface area contributed by atoms with Crippen molar-refractivity contribution in [2.24, 2.45) is 11.3 Å². The zero-order valence-electron chi connectivity index (χ0n) is 15.9. The number of hydrogen-bond acceptors (Lipinski definition) is 3. The Morgan fingerprint density at radius 3 is 2.48 bits per heavy atom. The van der Waals surface area contributed by atoms with Gasteiger partial charge in [0.25, 0.3) is 0 Å². The zero-order chi connectivity index (χ0) is 17.3. The van der Waals surface area contributed by atoms with E-state index in [0.717, 1.165) is 25.9 Å². The molecule has 1 amide bonds. The van der Waals surface area contributed by atoms with Crippen LogP contribution in [0.2, 0.25) is 0 Å². The maximum Gasteiger partial charge on any atom is 0.410 e. The van der Waals surface area contributed by atoms with Crippen LogP contribution in [-0.2, 0) is 4.74 Å². The average molecular weight is 325 g/mol. The lowest BCUT2D eigenvalue weighted by molar-refractivity contribution is 0.0241. The molecule has 134 valence electrons. The second-order valence-corrected chi connectivity index (χ2v) is 9.44. The van der Waals surface area contributed by atoms with E-state index in [2.05, 4.69) is 26.1 Å². The number of amides is 1. The summed E-state index contributed by atoms with van der Waals surface area (Å²) >= 11 is 0. The molecule has 23 heavy (non-hydrogen) atoms. The van der Waals surface area contributed by atoms with Crippen LogP contribution < -0.4 is 5.32 Å². The van der Waals surface area contributed by atoms with Crippen molar-refractivity contribution < 1.29 is 9.53 Å². The van der Waals surface area contributed by atoms with Gasteiger partial charge < -0.3 is 15.0 Å². The van der Waals surface area contributed by atoms with Crippen LogP contribution in [0, 0.1) is 11.3 Å². The van der Waals surface area contributed by atoms with Gasteiger partial charge in [-0.25, -0.2) is 4.79 Å².